The summed E-state index contributed by atoms with van der Waals surface area (Å²) in [6.45, 7) is 8.66. The Labute approximate surface area is 190 Å². The van der Waals surface area contributed by atoms with Crippen LogP contribution in [0.2, 0.25) is 0 Å². The minimum atomic E-state index is 0.420. The fourth-order valence-corrected chi connectivity index (χ4v) is 4.56. The molecule has 0 aromatic heterocycles. The minimum Gasteiger partial charge on any atom is -0.507 e. The first-order chi connectivity index (χ1) is 15.0. The van der Waals surface area contributed by atoms with Crippen LogP contribution in [-0.2, 0) is 19.3 Å². The predicted molar refractivity (Wildman–Crippen MR) is 133 cm³/mol. The zero-order valence-electron chi connectivity index (χ0n) is 20.4. The van der Waals surface area contributed by atoms with E-state index in [1.54, 1.807) is 0 Å². The molecule has 0 amide bonds. The molecule has 0 aliphatic heterocycles. The van der Waals surface area contributed by atoms with E-state index in [1.807, 2.05) is 0 Å². The first-order valence-corrected chi connectivity index (χ1v) is 12.6. The maximum Gasteiger partial charge on any atom is 0.122 e. The molecule has 0 saturated carbocycles. The van der Waals surface area contributed by atoms with Crippen LogP contribution in [0.5, 0.6) is 11.5 Å². The van der Waals surface area contributed by atoms with Gasteiger partial charge in [0.2, 0.25) is 0 Å². The molecule has 0 saturated heterocycles. The Morgan fingerprint density at radius 1 is 0.516 bits per heavy atom. The van der Waals surface area contributed by atoms with Crippen molar-refractivity contribution in [2.45, 2.75) is 111 Å². The van der Waals surface area contributed by atoms with Gasteiger partial charge in [0.1, 0.15) is 11.5 Å². The molecule has 0 spiro atoms. The Hall–Kier alpha value is -1.96. The van der Waals surface area contributed by atoms with Crippen LogP contribution in [0.3, 0.4) is 0 Å². The van der Waals surface area contributed by atoms with Crippen LogP contribution >= 0.6 is 0 Å². The van der Waals surface area contributed by atoms with Crippen molar-refractivity contribution in [2.24, 2.45) is 0 Å². The van der Waals surface area contributed by atoms with Gasteiger partial charge in [-0.15, -0.1) is 0 Å². The lowest BCUT2D eigenvalue weighted by Crippen LogP contribution is -1.98. The van der Waals surface area contributed by atoms with Crippen LogP contribution < -0.4 is 0 Å². The van der Waals surface area contributed by atoms with Crippen molar-refractivity contribution in [3.05, 3.63) is 57.6 Å². The first-order valence-electron chi connectivity index (χ1n) is 12.6. The SMILES string of the molecule is CCCCCCCc1cc(C)cc(Cc2cc(C)cc(CCCCCCC)c2O)c1O. The molecule has 0 atom stereocenters. The van der Waals surface area contributed by atoms with Crippen LogP contribution in [0.1, 0.15) is 111 Å². The van der Waals surface area contributed by atoms with E-state index in [0.29, 0.717) is 17.9 Å². The fourth-order valence-electron chi connectivity index (χ4n) is 4.56. The van der Waals surface area contributed by atoms with E-state index in [1.165, 1.54) is 62.5 Å². The smallest absolute Gasteiger partial charge is 0.122 e. The summed E-state index contributed by atoms with van der Waals surface area (Å²) in [6, 6.07) is 8.39. The van der Waals surface area contributed by atoms with Crippen molar-refractivity contribution in [1.82, 2.24) is 0 Å². The van der Waals surface area contributed by atoms with E-state index in [2.05, 4.69) is 52.0 Å². The van der Waals surface area contributed by atoms with Crippen LogP contribution in [0.15, 0.2) is 24.3 Å². The molecule has 0 bridgehead atoms. The third-order valence-electron chi connectivity index (χ3n) is 6.30. The van der Waals surface area contributed by atoms with Gasteiger partial charge in [-0.05, 0) is 61.8 Å². The standard InChI is InChI=1S/C29H44O2/c1-5-7-9-11-13-15-24-17-22(3)19-26(28(24)30)21-27-20-23(4)18-25(29(27)31)16-14-12-10-8-6-2/h17-20,30-31H,5-16,21H2,1-4H3. The minimum absolute atomic E-state index is 0.420. The number of hydrogen-bond donors (Lipinski definition) is 2. The second kappa shape index (κ2) is 13.5. The number of rotatable bonds is 14. The fraction of sp³-hybridized carbons (Fsp3) is 0.586. The third kappa shape index (κ3) is 8.24. The highest BCUT2D eigenvalue weighted by atomic mass is 16.3. The summed E-state index contributed by atoms with van der Waals surface area (Å²) in [5, 5.41) is 21.9. The highest BCUT2D eigenvalue weighted by Gasteiger charge is 2.14. The van der Waals surface area contributed by atoms with Crippen molar-refractivity contribution >= 4 is 0 Å². The number of aromatic hydroxyl groups is 2. The van der Waals surface area contributed by atoms with Crippen molar-refractivity contribution in [2.75, 3.05) is 0 Å². The van der Waals surface area contributed by atoms with Gasteiger partial charge in [-0.1, -0.05) is 101 Å². The van der Waals surface area contributed by atoms with Gasteiger partial charge in [0.25, 0.3) is 0 Å². The largest absolute Gasteiger partial charge is 0.507 e. The number of phenols is 2. The topological polar surface area (TPSA) is 40.5 Å². The Bertz CT molecular complexity index is 739. The molecule has 2 rings (SSSR count). The molecule has 0 heterocycles. The van der Waals surface area contributed by atoms with E-state index < -0.39 is 0 Å². The maximum absolute atomic E-state index is 10.9. The third-order valence-corrected chi connectivity index (χ3v) is 6.30. The van der Waals surface area contributed by atoms with E-state index >= 15 is 0 Å². The second-order valence-corrected chi connectivity index (χ2v) is 9.37. The Balaban J connectivity index is 2.12. The lowest BCUT2D eigenvalue weighted by Gasteiger charge is -2.15. The van der Waals surface area contributed by atoms with Gasteiger partial charge in [0.15, 0.2) is 0 Å². The van der Waals surface area contributed by atoms with E-state index in [4.69, 9.17) is 0 Å². The van der Waals surface area contributed by atoms with Gasteiger partial charge < -0.3 is 10.2 Å². The van der Waals surface area contributed by atoms with Crippen LogP contribution in [0.25, 0.3) is 0 Å². The average molecular weight is 425 g/mol. The molecule has 2 heteroatoms. The monoisotopic (exact) mass is 424 g/mol. The second-order valence-electron chi connectivity index (χ2n) is 9.37. The van der Waals surface area contributed by atoms with Crippen molar-refractivity contribution < 1.29 is 10.2 Å². The van der Waals surface area contributed by atoms with Gasteiger partial charge >= 0.3 is 0 Å². The average Bonchev–Trinajstić information content (AvgIpc) is 2.73. The van der Waals surface area contributed by atoms with Gasteiger partial charge in [-0.25, -0.2) is 0 Å². The summed E-state index contributed by atoms with van der Waals surface area (Å²) in [5.41, 5.74) is 6.32. The molecule has 0 aliphatic rings. The van der Waals surface area contributed by atoms with Crippen LogP contribution in [0.4, 0.5) is 0 Å². The molecule has 31 heavy (non-hydrogen) atoms. The molecule has 2 aromatic rings. The van der Waals surface area contributed by atoms with Crippen molar-refractivity contribution in [3.8, 4) is 11.5 Å². The van der Waals surface area contributed by atoms with E-state index in [0.717, 1.165) is 47.9 Å². The summed E-state index contributed by atoms with van der Waals surface area (Å²) in [4.78, 5) is 0. The lowest BCUT2D eigenvalue weighted by atomic mass is 9.93. The molecule has 2 N–H and O–H groups in total. The summed E-state index contributed by atoms with van der Waals surface area (Å²) in [6.07, 6.45) is 14.7. The molecule has 172 valence electrons. The molecular formula is C29H44O2. The normalized spacial score (nSPS) is 11.2. The molecule has 0 radical (unpaired) electrons. The number of aryl methyl sites for hydroxylation is 4. The quantitative estimate of drug-likeness (QED) is 0.299. The Morgan fingerprint density at radius 3 is 1.26 bits per heavy atom. The summed E-state index contributed by atoms with van der Waals surface area (Å²) >= 11 is 0. The molecular weight excluding hydrogens is 380 g/mol. The van der Waals surface area contributed by atoms with Gasteiger partial charge in [0.05, 0.1) is 0 Å². The number of unbranched alkanes of at least 4 members (excludes halogenated alkanes) is 8. The van der Waals surface area contributed by atoms with E-state index in [9.17, 15) is 10.2 Å². The van der Waals surface area contributed by atoms with E-state index in [-0.39, 0.29) is 0 Å². The Kier molecular flexibility index (Phi) is 11.0. The highest BCUT2D eigenvalue weighted by molar-refractivity contribution is 5.50. The van der Waals surface area contributed by atoms with Gasteiger partial charge in [0, 0.05) is 6.42 Å². The molecule has 0 aliphatic carbocycles. The summed E-state index contributed by atoms with van der Waals surface area (Å²) in [5.74, 6) is 0.839. The van der Waals surface area contributed by atoms with Gasteiger partial charge in [-0.2, -0.15) is 0 Å². The van der Waals surface area contributed by atoms with Crippen molar-refractivity contribution in [3.63, 3.8) is 0 Å². The Morgan fingerprint density at radius 2 is 0.871 bits per heavy atom. The molecule has 0 unspecified atom stereocenters. The number of benzene rings is 2. The highest BCUT2D eigenvalue weighted by Crippen LogP contribution is 2.33. The van der Waals surface area contributed by atoms with Crippen molar-refractivity contribution in [1.29, 1.82) is 0 Å². The molecule has 0 fully saturated rings. The predicted octanol–water partition coefficient (Wildman–Crippen LogP) is 8.33. The number of hydrogen-bond acceptors (Lipinski definition) is 2. The zero-order chi connectivity index (χ0) is 22.6. The molecule has 2 aromatic carbocycles. The molecule has 2 nitrogen and oxygen atoms in total. The first kappa shape index (κ1) is 25.3. The van der Waals surface area contributed by atoms with Gasteiger partial charge in [-0.3, -0.25) is 0 Å². The number of phenolic OH excluding ortho intramolecular Hbond substituents is 2. The maximum atomic E-state index is 10.9. The zero-order valence-corrected chi connectivity index (χ0v) is 20.4. The summed E-state index contributed by atoms with van der Waals surface area (Å²) in [7, 11) is 0. The van der Waals surface area contributed by atoms with Crippen LogP contribution in [0, 0.1) is 13.8 Å². The van der Waals surface area contributed by atoms with Crippen LogP contribution in [-0.4, -0.2) is 10.2 Å². The summed E-state index contributed by atoms with van der Waals surface area (Å²) < 4.78 is 0. The lowest BCUT2D eigenvalue weighted by molar-refractivity contribution is 0.453.